The smallest absolute Gasteiger partial charge is 0.0622 e. The van der Waals surface area contributed by atoms with Crippen molar-refractivity contribution in [2.45, 2.75) is 0 Å². The van der Waals surface area contributed by atoms with Gasteiger partial charge in [0.25, 0.3) is 0 Å². The zero-order chi connectivity index (χ0) is 30.8. The molecule has 0 bridgehead atoms. The van der Waals surface area contributed by atoms with Gasteiger partial charge in [-0.1, -0.05) is 152 Å². The Morgan fingerprint density at radius 1 is 0.350 bits per heavy atom. The molecule has 0 amide bonds. The fraction of sp³-hybridized carbons (Fsp3) is 0. The Morgan fingerprint density at radius 2 is 1.00 bits per heavy atom. The van der Waals surface area contributed by atoms with Gasteiger partial charge in [0.1, 0.15) is 0 Å². The maximum atomic E-state index is 8.81. The first kappa shape index (κ1) is 18.2. The lowest BCUT2D eigenvalue weighted by Gasteiger charge is -2.19. The summed E-state index contributed by atoms with van der Waals surface area (Å²) in [5.74, 6) is 0. The molecule has 0 aromatic heterocycles. The second-order valence-corrected chi connectivity index (χ2v) is 10.1. The Morgan fingerprint density at radius 3 is 1.77 bits per heavy atom. The van der Waals surface area contributed by atoms with Gasteiger partial charge in [-0.3, -0.25) is 0 Å². The van der Waals surface area contributed by atoms with Crippen molar-refractivity contribution in [3.05, 3.63) is 158 Å². The summed E-state index contributed by atoms with van der Waals surface area (Å²) in [5, 5.41) is 7.83. The molecule has 0 aliphatic heterocycles. The van der Waals surface area contributed by atoms with Crippen LogP contribution in [0.3, 0.4) is 0 Å². The van der Waals surface area contributed by atoms with Gasteiger partial charge in [0.2, 0.25) is 0 Å². The van der Waals surface area contributed by atoms with E-state index in [0.717, 1.165) is 54.6 Å². The van der Waals surface area contributed by atoms with Gasteiger partial charge in [0.15, 0.2) is 0 Å². The topological polar surface area (TPSA) is 0 Å². The minimum Gasteiger partial charge on any atom is -0.0622 e. The molecule has 0 atom stereocenters. The minimum atomic E-state index is -0.0335. The molecule has 0 radical (unpaired) electrons. The second kappa shape index (κ2) is 9.22. The Kier molecular flexibility index (Phi) is 4.18. The molecule has 8 aromatic rings. The number of fused-ring (bicyclic) bond motifs is 4. The zero-order valence-corrected chi connectivity index (χ0v) is 21.6. The van der Waals surface area contributed by atoms with Crippen LogP contribution in [0, 0.1) is 0 Å². The molecule has 0 unspecified atom stereocenters. The Labute approximate surface area is 240 Å². The molecule has 0 heteroatoms. The SMILES string of the molecule is [2H]c1ccc2c(-c3cccc4c(-c5ccc6ccccc6c5)cccc34)c3ccc([2H])cc3c(-c3c([2H])ccc([2H])c3[2H])c2c1. The van der Waals surface area contributed by atoms with Gasteiger partial charge in [0, 0.05) is 0 Å². The van der Waals surface area contributed by atoms with Crippen LogP contribution in [0.5, 0.6) is 0 Å². The number of hydrogen-bond donors (Lipinski definition) is 0. The van der Waals surface area contributed by atoms with Gasteiger partial charge in [-0.15, -0.1) is 0 Å². The summed E-state index contributed by atoms with van der Waals surface area (Å²) < 4.78 is 43.1. The Bertz CT molecular complexity index is 2430. The van der Waals surface area contributed by atoms with E-state index < -0.39 is 0 Å². The summed E-state index contributed by atoms with van der Waals surface area (Å²) >= 11 is 0. The lowest BCUT2D eigenvalue weighted by Crippen LogP contribution is -1.92. The number of rotatable bonds is 3. The first-order valence-corrected chi connectivity index (χ1v) is 13.4. The van der Waals surface area contributed by atoms with Crippen LogP contribution in [-0.4, -0.2) is 0 Å². The van der Waals surface area contributed by atoms with Crippen molar-refractivity contribution >= 4 is 43.1 Å². The van der Waals surface area contributed by atoms with Crippen LogP contribution >= 0.6 is 0 Å². The van der Waals surface area contributed by atoms with Gasteiger partial charge in [-0.2, -0.15) is 0 Å². The van der Waals surface area contributed by atoms with Gasteiger partial charge in [0.05, 0.1) is 6.85 Å². The Hall–Kier alpha value is -5.20. The maximum Gasteiger partial charge on any atom is 0.0629 e. The van der Waals surface area contributed by atoms with Crippen molar-refractivity contribution < 1.29 is 6.85 Å². The largest absolute Gasteiger partial charge is 0.0629 e. The van der Waals surface area contributed by atoms with Crippen LogP contribution < -0.4 is 0 Å². The molecule has 0 aliphatic rings. The molecule has 0 aliphatic carbocycles. The summed E-state index contributed by atoms with van der Waals surface area (Å²) in [6.45, 7) is 0. The lowest BCUT2D eigenvalue weighted by atomic mass is 9.84. The van der Waals surface area contributed by atoms with E-state index in [2.05, 4.69) is 78.9 Å². The van der Waals surface area contributed by atoms with E-state index in [1.165, 1.54) is 16.8 Å². The third-order valence-corrected chi connectivity index (χ3v) is 7.90. The summed E-state index contributed by atoms with van der Waals surface area (Å²) in [6.07, 6.45) is 0. The Balaban J connectivity index is 1.49. The average molecular weight is 512 g/mol. The molecule has 0 spiro atoms. The van der Waals surface area contributed by atoms with Crippen molar-refractivity contribution in [2.75, 3.05) is 0 Å². The van der Waals surface area contributed by atoms with Crippen molar-refractivity contribution in [1.29, 1.82) is 0 Å². The molecule has 0 nitrogen and oxygen atoms in total. The molecule has 8 aromatic carbocycles. The molecular formula is C40H26. The van der Waals surface area contributed by atoms with E-state index in [0.29, 0.717) is 23.2 Å². The third kappa shape index (κ3) is 3.54. The number of hydrogen-bond acceptors (Lipinski definition) is 0. The minimum absolute atomic E-state index is 0.0331. The summed E-state index contributed by atoms with van der Waals surface area (Å²) in [7, 11) is 0. The highest BCUT2D eigenvalue weighted by atomic mass is 14.2. The molecular weight excluding hydrogens is 480 g/mol. The molecule has 0 fully saturated rings. The quantitative estimate of drug-likeness (QED) is 0.207. The van der Waals surface area contributed by atoms with E-state index in [1.807, 2.05) is 12.1 Å². The molecule has 0 N–H and O–H groups in total. The van der Waals surface area contributed by atoms with Gasteiger partial charge >= 0.3 is 0 Å². The van der Waals surface area contributed by atoms with Crippen LogP contribution in [0.4, 0.5) is 0 Å². The third-order valence-electron chi connectivity index (χ3n) is 7.90. The van der Waals surface area contributed by atoms with Gasteiger partial charge < -0.3 is 0 Å². The normalized spacial score (nSPS) is 13.2. The molecule has 40 heavy (non-hydrogen) atoms. The predicted octanol–water partition coefficient (Wildman–Crippen LogP) is 11.3. The molecule has 186 valence electrons. The van der Waals surface area contributed by atoms with Gasteiger partial charge in [-0.05, 0) is 82.5 Å². The zero-order valence-electron chi connectivity index (χ0n) is 26.6. The van der Waals surface area contributed by atoms with E-state index in [-0.39, 0.29) is 18.1 Å². The highest BCUT2D eigenvalue weighted by Crippen LogP contribution is 2.46. The first-order chi connectivity index (χ1) is 21.9. The van der Waals surface area contributed by atoms with Crippen LogP contribution in [0.25, 0.3) is 76.5 Å². The van der Waals surface area contributed by atoms with Crippen LogP contribution in [0.15, 0.2) is 158 Å². The van der Waals surface area contributed by atoms with Crippen molar-refractivity contribution in [3.63, 3.8) is 0 Å². The van der Waals surface area contributed by atoms with Crippen molar-refractivity contribution in [3.8, 4) is 33.4 Å². The van der Waals surface area contributed by atoms with Crippen molar-refractivity contribution in [1.82, 2.24) is 0 Å². The predicted molar refractivity (Wildman–Crippen MR) is 173 cm³/mol. The maximum absolute atomic E-state index is 8.81. The lowest BCUT2D eigenvalue weighted by molar-refractivity contribution is 1.65. The van der Waals surface area contributed by atoms with E-state index in [1.54, 1.807) is 30.3 Å². The summed E-state index contributed by atoms with van der Waals surface area (Å²) in [6, 6.07) is 42.5. The van der Waals surface area contributed by atoms with Gasteiger partial charge in [-0.25, -0.2) is 0 Å². The van der Waals surface area contributed by atoms with E-state index in [9.17, 15) is 0 Å². The standard InChI is InChI=1S/C40H26/c1-2-13-28(14-3-1)39-35-16-6-8-18-37(35)40(38-19-9-7-17-36(38)39)34-23-11-21-32-31(20-10-22-33(32)34)30-25-24-27-12-4-5-15-29(27)26-30/h1-26H/i2D,6D,7D,13D,14D. The molecule has 0 saturated carbocycles. The summed E-state index contributed by atoms with van der Waals surface area (Å²) in [5.41, 5.74) is 5.24. The van der Waals surface area contributed by atoms with E-state index >= 15 is 0 Å². The molecule has 8 rings (SSSR count). The highest BCUT2D eigenvalue weighted by Gasteiger charge is 2.18. The monoisotopic (exact) mass is 511 g/mol. The fourth-order valence-electron chi connectivity index (χ4n) is 6.15. The second-order valence-electron chi connectivity index (χ2n) is 10.1. The first-order valence-electron chi connectivity index (χ1n) is 15.9. The average Bonchev–Trinajstić information content (AvgIpc) is 3.06. The van der Waals surface area contributed by atoms with Crippen LogP contribution in [0.2, 0.25) is 0 Å². The number of benzene rings is 8. The van der Waals surface area contributed by atoms with E-state index in [4.69, 9.17) is 6.85 Å². The van der Waals surface area contributed by atoms with Crippen LogP contribution in [-0.2, 0) is 0 Å². The van der Waals surface area contributed by atoms with Crippen molar-refractivity contribution in [2.24, 2.45) is 0 Å². The highest BCUT2D eigenvalue weighted by molar-refractivity contribution is 6.24. The summed E-state index contributed by atoms with van der Waals surface area (Å²) in [4.78, 5) is 0. The molecule has 0 saturated heterocycles. The van der Waals surface area contributed by atoms with Crippen LogP contribution in [0.1, 0.15) is 6.85 Å². The fourth-order valence-corrected chi connectivity index (χ4v) is 6.15. The molecule has 0 heterocycles.